The Labute approximate surface area is 144 Å². The first-order valence-corrected chi connectivity index (χ1v) is 7.39. The van der Waals surface area contributed by atoms with Gasteiger partial charge in [-0.2, -0.15) is 5.26 Å². The molecule has 0 aliphatic rings. The molecule has 2 aromatic rings. The molecule has 9 heteroatoms. The predicted molar refractivity (Wildman–Crippen MR) is 85.4 cm³/mol. The summed E-state index contributed by atoms with van der Waals surface area (Å²) in [5.41, 5.74) is 6.22. The van der Waals surface area contributed by atoms with Crippen LogP contribution in [0, 0.1) is 11.3 Å². The quantitative estimate of drug-likeness (QED) is 0.779. The van der Waals surface area contributed by atoms with Crippen molar-refractivity contribution in [3.63, 3.8) is 0 Å². The smallest absolute Gasteiger partial charge is 0.357 e. The molecule has 0 fully saturated rings. The number of halogens is 3. The van der Waals surface area contributed by atoms with Gasteiger partial charge in [0.2, 0.25) is 0 Å². The van der Waals surface area contributed by atoms with Gasteiger partial charge in [-0.25, -0.2) is 13.6 Å². The highest BCUT2D eigenvalue weighted by atomic mass is 79.9. The lowest BCUT2D eigenvalue weighted by molar-refractivity contribution is 0.0593. The van der Waals surface area contributed by atoms with Crippen molar-refractivity contribution in [1.82, 2.24) is 4.57 Å². The van der Waals surface area contributed by atoms with E-state index in [4.69, 9.17) is 20.5 Å². The molecule has 1 heterocycles. The zero-order valence-corrected chi connectivity index (χ0v) is 14.0. The molecule has 0 unspecified atom stereocenters. The number of benzene rings is 1. The number of nitrogen functional groups attached to an aromatic ring is 1. The van der Waals surface area contributed by atoms with E-state index < -0.39 is 19.0 Å². The molecule has 24 heavy (non-hydrogen) atoms. The number of carbonyl (C=O) groups excluding carboxylic acids is 1. The van der Waals surface area contributed by atoms with Crippen molar-refractivity contribution < 1.29 is 23.0 Å². The second kappa shape index (κ2) is 7.31. The number of ether oxygens (including phenoxy) is 2. The summed E-state index contributed by atoms with van der Waals surface area (Å²) in [6.45, 7) is -0.775. The van der Waals surface area contributed by atoms with Gasteiger partial charge in [-0.1, -0.05) is 6.07 Å². The van der Waals surface area contributed by atoms with Crippen LogP contribution >= 0.6 is 15.9 Å². The molecule has 2 N–H and O–H groups in total. The lowest BCUT2D eigenvalue weighted by Crippen LogP contribution is -2.12. The topological polar surface area (TPSA) is 90.3 Å². The largest absolute Gasteiger partial charge is 0.486 e. The molecule has 0 amide bonds. The van der Waals surface area contributed by atoms with Crippen molar-refractivity contribution >= 4 is 27.6 Å². The van der Waals surface area contributed by atoms with Gasteiger partial charge >= 0.3 is 5.97 Å². The monoisotopic (exact) mass is 399 g/mol. The second-order valence-electron chi connectivity index (χ2n) is 4.57. The van der Waals surface area contributed by atoms with Crippen LogP contribution in [0.4, 0.5) is 14.5 Å². The molecule has 0 bridgehead atoms. The summed E-state index contributed by atoms with van der Waals surface area (Å²) in [6, 6.07) is 6.53. The van der Waals surface area contributed by atoms with Crippen molar-refractivity contribution in [3.05, 3.63) is 40.1 Å². The number of hydrogen-bond acceptors (Lipinski definition) is 5. The van der Waals surface area contributed by atoms with Gasteiger partial charge < -0.3 is 19.8 Å². The maximum Gasteiger partial charge on any atom is 0.357 e. The van der Waals surface area contributed by atoms with Crippen LogP contribution in [0.5, 0.6) is 5.75 Å². The highest BCUT2D eigenvalue weighted by molar-refractivity contribution is 9.10. The standard InChI is InChI=1S/C15H12BrF2N3O3/c1-23-15(22)14-13(20)8(5-19)6-21(14)9-3-2-4-10(12(9)16)24-7-11(17)18/h2-4,6,11H,7,20H2,1H3. The molecule has 0 saturated carbocycles. The fraction of sp³-hybridized carbons (Fsp3) is 0.200. The minimum Gasteiger partial charge on any atom is -0.486 e. The Morgan fingerprint density at radius 2 is 2.21 bits per heavy atom. The summed E-state index contributed by atoms with van der Waals surface area (Å²) in [6.07, 6.45) is -1.27. The molecule has 1 aromatic heterocycles. The highest BCUT2D eigenvalue weighted by Crippen LogP contribution is 2.34. The number of nitrogens with two attached hydrogens (primary N) is 1. The molecule has 0 spiro atoms. The lowest BCUT2D eigenvalue weighted by atomic mass is 10.2. The molecule has 0 aliphatic heterocycles. The number of aromatic nitrogens is 1. The molecule has 2 rings (SSSR count). The molecule has 0 atom stereocenters. The summed E-state index contributed by atoms with van der Waals surface area (Å²) in [7, 11) is 1.18. The van der Waals surface area contributed by atoms with Gasteiger partial charge in [-0.3, -0.25) is 0 Å². The molecular formula is C15H12BrF2N3O3. The van der Waals surface area contributed by atoms with Crippen LogP contribution in [0.3, 0.4) is 0 Å². The van der Waals surface area contributed by atoms with Crippen LogP contribution < -0.4 is 10.5 Å². The zero-order chi connectivity index (χ0) is 17.9. The Kier molecular flexibility index (Phi) is 5.41. The van der Waals surface area contributed by atoms with Gasteiger partial charge in [0.25, 0.3) is 6.43 Å². The van der Waals surface area contributed by atoms with E-state index in [-0.39, 0.29) is 22.7 Å². The molecule has 6 nitrogen and oxygen atoms in total. The first kappa shape index (κ1) is 17.7. The Morgan fingerprint density at radius 3 is 2.79 bits per heavy atom. The first-order valence-electron chi connectivity index (χ1n) is 6.59. The predicted octanol–water partition coefficient (Wildman–Crippen LogP) is 3.12. The number of alkyl halides is 2. The van der Waals surface area contributed by atoms with Crippen LogP contribution in [0.15, 0.2) is 28.9 Å². The summed E-state index contributed by atoms with van der Waals surface area (Å²) in [4.78, 5) is 12.0. The number of esters is 1. The molecule has 0 aliphatic carbocycles. The van der Waals surface area contributed by atoms with Gasteiger partial charge in [-0.15, -0.1) is 0 Å². The van der Waals surface area contributed by atoms with Crippen molar-refractivity contribution in [2.75, 3.05) is 19.5 Å². The number of carbonyl (C=O) groups is 1. The fourth-order valence-corrected chi connectivity index (χ4v) is 2.62. The van der Waals surface area contributed by atoms with Crippen molar-refractivity contribution in [2.24, 2.45) is 0 Å². The van der Waals surface area contributed by atoms with E-state index in [1.54, 1.807) is 12.1 Å². The van der Waals surface area contributed by atoms with Crippen molar-refractivity contribution in [3.8, 4) is 17.5 Å². The zero-order valence-electron chi connectivity index (χ0n) is 12.4. The van der Waals surface area contributed by atoms with Gasteiger partial charge in [0.05, 0.1) is 28.5 Å². The van der Waals surface area contributed by atoms with E-state index in [9.17, 15) is 13.6 Å². The Bertz CT molecular complexity index is 815. The summed E-state index contributed by atoms with van der Waals surface area (Å²) >= 11 is 3.26. The number of nitriles is 1. The lowest BCUT2D eigenvalue weighted by Gasteiger charge is -2.14. The Balaban J connectivity index is 2.58. The highest BCUT2D eigenvalue weighted by Gasteiger charge is 2.23. The van der Waals surface area contributed by atoms with E-state index in [0.29, 0.717) is 10.2 Å². The van der Waals surface area contributed by atoms with E-state index in [1.165, 1.54) is 23.9 Å². The van der Waals surface area contributed by atoms with Crippen molar-refractivity contribution in [1.29, 1.82) is 5.26 Å². The molecule has 0 saturated heterocycles. The molecule has 126 valence electrons. The third kappa shape index (κ3) is 3.33. The van der Waals surface area contributed by atoms with E-state index >= 15 is 0 Å². The fourth-order valence-electron chi connectivity index (χ4n) is 2.05. The minimum atomic E-state index is -2.63. The average molecular weight is 400 g/mol. The first-order chi connectivity index (χ1) is 11.4. The van der Waals surface area contributed by atoms with Crippen LogP contribution in [0.25, 0.3) is 5.69 Å². The average Bonchev–Trinajstić information content (AvgIpc) is 2.89. The van der Waals surface area contributed by atoms with Crippen LogP contribution in [-0.4, -0.2) is 30.7 Å². The van der Waals surface area contributed by atoms with Gasteiger partial charge in [-0.05, 0) is 28.1 Å². The normalized spacial score (nSPS) is 10.5. The number of methoxy groups -OCH3 is 1. The molecule has 0 radical (unpaired) electrons. The van der Waals surface area contributed by atoms with Crippen LogP contribution in [0.2, 0.25) is 0 Å². The Hall–Kier alpha value is -2.60. The third-order valence-corrected chi connectivity index (χ3v) is 3.91. The number of hydrogen-bond donors (Lipinski definition) is 1. The van der Waals surface area contributed by atoms with Crippen LogP contribution in [-0.2, 0) is 4.74 Å². The Morgan fingerprint density at radius 1 is 1.50 bits per heavy atom. The third-order valence-electron chi connectivity index (χ3n) is 3.11. The molecular weight excluding hydrogens is 388 g/mol. The maximum atomic E-state index is 12.3. The molecule has 1 aromatic carbocycles. The maximum absolute atomic E-state index is 12.3. The summed E-state index contributed by atoms with van der Waals surface area (Å²) in [5, 5.41) is 9.11. The minimum absolute atomic E-state index is 0.0323. The number of nitrogens with zero attached hydrogens (tertiary/aromatic N) is 2. The van der Waals surface area contributed by atoms with Gasteiger partial charge in [0.15, 0.2) is 5.69 Å². The summed E-state index contributed by atoms with van der Waals surface area (Å²) < 4.78 is 36.1. The summed E-state index contributed by atoms with van der Waals surface area (Å²) in [5.74, 6) is -0.575. The second-order valence-corrected chi connectivity index (χ2v) is 5.36. The SMILES string of the molecule is COC(=O)c1c(N)c(C#N)cn1-c1cccc(OCC(F)F)c1Br. The van der Waals surface area contributed by atoms with E-state index in [1.807, 2.05) is 6.07 Å². The van der Waals surface area contributed by atoms with Gasteiger partial charge in [0.1, 0.15) is 18.4 Å². The number of anilines is 1. The van der Waals surface area contributed by atoms with Crippen molar-refractivity contribution in [2.45, 2.75) is 6.43 Å². The van der Waals surface area contributed by atoms with Gasteiger partial charge in [0, 0.05) is 6.20 Å². The van der Waals surface area contributed by atoms with E-state index in [0.717, 1.165) is 0 Å². The van der Waals surface area contributed by atoms with E-state index in [2.05, 4.69) is 15.9 Å². The number of rotatable bonds is 5. The van der Waals surface area contributed by atoms with Crippen LogP contribution in [0.1, 0.15) is 16.1 Å².